The third-order valence-corrected chi connectivity index (χ3v) is 5.85. The number of hydrogen-bond donors (Lipinski definition) is 2. The first-order valence-corrected chi connectivity index (χ1v) is 9.13. The summed E-state index contributed by atoms with van der Waals surface area (Å²) < 4.78 is 5.54. The Morgan fingerprint density at radius 1 is 1.23 bits per heavy atom. The van der Waals surface area contributed by atoms with Crippen molar-refractivity contribution in [3.05, 3.63) is 0 Å². The molecule has 0 heterocycles. The number of nitrogens with one attached hydrogen (secondary N) is 1. The van der Waals surface area contributed by atoms with Crippen LogP contribution in [0.1, 0.15) is 71.6 Å². The fourth-order valence-corrected chi connectivity index (χ4v) is 4.26. The summed E-state index contributed by atoms with van der Waals surface area (Å²) in [6.07, 6.45) is 10.2. The van der Waals surface area contributed by atoms with Crippen molar-refractivity contribution < 1.29 is 9.53 Å². The van der Waals surface area contributed by atoms with Crippen LogP contribution in [-0.4, -0.2) is 31.2 Å². The largest absolute Gasteiger partial charge is 0.382 e. The van der Waals surface area contributed by atoms with Crippen LogP contribution < -0.4 is 11.1 Å². The molecule has 0 saturated heterocycles. The van der Waals surface area contributed by atoms with E-state index in [2.05, 4.69) is 5.32 Å². The third kappa shape index (κ3) is 4.45. The summed E-state index contributed by atoms with van der Waals surface area (Å²) in [4.78, 5) is 12.6. The molecular formula is C18H34N2O2. The van der Waals surface area contributed by atoms with Gasteiger partial charge in [0.05, 0.1) is 5.92 Å². The summed E-state index contributed by atoms with van der Waals surface area (Å²) in [7, 11) is 0. The molecular weight excluding hydrogens is 276 g/mol. The highest BCUT2D eigenvalue weighted by Gasteiger charge is 2.39. The van der Waals surface area contributed by atoms with E-state index in [9.17, 15) is 4.79 Å². The Balaban J connectivity index is 1.87. The highest BCUT2D eigenvalue weighted by atomic mass is 16.5. The van der Waals surface area contributed by atoms with Crippen LogP contribution in [0.5, 0.6) is 0 Å². The number of rotatable bonds is 7. The van der Waals surface area contributed by atoms with E-state index in [0.29, 0.717) is 0 Å². The molecule has 2 unspecified atom stereocenters. The Kier molecular flexibility index (Phi) is 6.27. The van der Waals surface area contributed by atoms with Gasteiger partial charge in [-0.25, -0.2) is 0 Å². The van der Waals surface area contributed by atoms with Crippen LogP contribution >= 0.6 is 0 Å². The lowest BCUT2D eigenvalue weighted by Gasteiger charge is -2.38. The molecule has 0 aromatic heterocycles. The van der Waals surface area contributed by atoms with Crippen molar-refractivity contribution in [2.45, 2.75) is 77.2 Å². The second-order valence-corrected chi connectivity index (χ2v) is 7.68. The molecule has 2 atom stereocenters. The fraction of sp³-hybridized carbons (Fsp3) is 0.944. The van der Waals surface area contributed by atoms with Crippen LogP contribution in [0.25, 0.3) is 0 Å². The van der Waals surface area contributed by atoms with E-state index in [-0.39, 0.29) is 22.8 Å². The second kappa shape index (κ2) is 7.78. The predicted octanol–water partition coefficient (Wildman–Crippen LogP) is 3.00. The van der Waals surface area contributed by atoms with Crippen LogP contribution in [0.4, 0.5) is 0 Å². The second-order valence-electron chi connectivity index (χ2n) is 7.68. The molecule has 1 amide bonds. The van der Waals surface area contributed by atoms with E-state index >= 15 is 0 Å². The van der Waals surface area contributed by atoms with Gasteiger partial charge in [-0.05, 0) is 51.4 Å². The van der Waals surface area contributed by atoms with E-state index in [1.807, 2.05) is 13.8 Å². The molecule has 0 aromatic rings. The minimum absolute atomic E-state index is 0.0217. The average molecular weight is 310 g/mol. The summed E-state index contributed by atoms with van der Waals surface area (Å²) in [6.45, 7) is 6.46. The Bertz CT molecular complexity index is 362. The number of carbonyl (C=O) groups is 1. The Morgan fingerprint density at radius 3 is 2.55 bits per heavy atom. The molecule has 2 rings (SSSR count). The zero-order valence-corrected chi connectivity index (χ0v) is 14.5. The molecule has 3 N–H and O–H groups in total. The number of hydrogen-bond acceptors (Lipinski definition) is 3. The molecule has 128 valence electrons. The molecule has 0 spiro atoms. The molecule has 0 aromatic carbocycles. The maximum Gasteiger partial charge on any atom is 0.224 e. The molecule has 0 radical (unpaired) electrons. The first kappa shape index (κ1) is 17.7. The van der Waals surface area contributed by atoms with Crippen molar-refractivity contribution in [1.82, 2.24) is 5.32 Å². The Hall–Kier alpha value is -0.610. The maximum absolute atomic E-state index is 12.6. The summed E-state index contributed by atoms with van der Waals surface area (Å²) >= 11 is 0. The van der Waals surface area contributed by atoms with Gasteiger partial charge in [-0.3, -0.25) is 4.79 Å². The smallest absolute Gasteiger partial charge is 0.224 e. The summed E-state index contributed by atoms with van der Waals surface area (Å²) in [5.74, 6) is 0.152. The monoisotopic (exact) mass is 310 g/mol. The zero-order valence-electron chi connectivity index (χ0n) is 14.5. The summed E-state index contributed by atoms with van der Waals surface area (Å²) in [5, 5.41) is 3.24. The maximum atomic E-state index is 12.6. The minimum Gasteiger partial charge on any atom is -0.382 e. The van der Waals surface area contributed by atoms with E-state index in [1.54, 1.807) is 0 Å². The summed E-state index contributed by atoms with van der Waals surface area (Å²) in [5.41, 5.74) is 6.27. The van der Waals surface area contributed by atoms with Crippen molar-refractivity contribution in [2.75, 3.05) is 19.8 Å². The van der Waals surface area contributed by atoms with Gasteiger partial charge in [-0.15, -0.1) is 0 Å². The quantitative estimate of drug-likeness (QED) is 0.711. The van der Waals surface area contributed by atoms with Gasteiger partial charge in [0, 0.05) is 25.3 Å². The summed E-state index contributed by atoms with van der Waals surface area (Å²) in [6, 6.07) is 0. The highest BCUT2D eigenvalue weighted by Crippen LogP contribution is 2.41. The zero-order chi connectivity index (χ0) is 16.1. The first-order chi connectivity index (χ1) is 10.5. The van der Waals surface area contributed by atoms with Crippen molar-refractivity contribution in [2.24, 2.45) is 17.1 Å². The third-order valence-electron chi connectivity index (χ3n) is 5.85. The van der Waals surface area contributed by atoms with Gasteiger partial charge >= 0.3 is 0 Å². The van der Waals surface area contributed by atoms with Crippen molar-refractivity contribution in [3.63, 3.8) is 0 Å². The number of amides is 1. The molecule has 2 aliphatic carbocycles. The van der Waals surface area contributed by atoms with Gasteiger partial charge in [0.15, 0.2) is 0 Å². The van der Waals surface area contributed by atoms with Crippen LogP contribution in [0.2, 0.25) is 0 Å². The minimum atomic E-state index is -0.337. The number of ether oxygens (including phenoxy) is 1. The van der Waals surface area contributed by atoms with Gasteiger partial charge in [-0.1, -0.05) is 25.7 Å². The number of nitrogens with two attached hydrogens (primary N) is 1. The van der Waals surface area contributed by atoms with Gasteiger partial charge < -0.3 is 15.8 Å². The highest BCUT2D eigenvalue weighted by molar-refractivity contribution is 5.80. The van der Waals surface area contributed by atoms with E-state index in [1.165, 1.54) is 25.7 Å². The Labute approximate surface area is 135 Å². The van der Waals surface area contributed by atoms with Crippen molar-refractivity contribution >= 4 is 5.91 Å². The normalized spacial score (nSPS) is 31.1. The van der Waals surface area contributed by atoms with Crippen LogP contribution in [0.3, 0.4) is 0 Å². The predicted molar refractivity (Wildman–Crippen MR) is 89.6 cm³/mol. The molecule has 22 heavy (non-hydrogen) atoms. The Morgan fingerprint density at radius 2 is 1.91 bits per heavy atom. The molecule has 2 aliphatic rings. The molecule has 0 aliphatic heterocycles. The SMILES string of the molecule is CCOCCC1(CNC(=O)C2CCCCC2(C)N)CCCC1. The van der Waals surface area contributed by atoms with Crippen LogP contribution in [0.15, 0.2) is 0 Å². The van der Waals surface area contributed by atoms with Gasteiger partial charge in [0.25, 0.3) is 0 Å². The van der Waals surface area contributed by atoms with Crippen LogP contribution in [0, 0.1) is 11.3 Å². The van der Waals surface area contributed by atoms with E-state index < -0.39 is 0 Å². The van der Waals surface area contributed by atoms with E-state index in [0.717, 1.165) is 51.9 Å². The molecule has 2 saturated carbocycles. The van der Waals surface area contributed by atoms with Gasteiger partial charge in [0.2, 0.25) is 5.91 Å². The first-order valence-electron chi connectivity index (χ1n) is 9.13. The van der Waals surface area contributed by atoms with Crippen molar-refractivity contribution in [3.8, 4) is 0 Å². The lowest BCUT2D eigenvalue weighted by atomic mass is 9.74. The molecule has 4 nitrogen and oxygen atoms in total. The van der Waals surface area contributed by atoms with Gasteiger partial charge in [0.1, 0.15) is 0 Å². The molecule has 0 bridgehead atoms. The van der Waals surface area contributed by atoms with Crippen LogP contribution in [-0.2, 0) is 9.53 Å². The molecule has 4 heteroatoms. The van der Waals surface area contributed by atoms with E-state index in [4.69, 9.17) is 10.5 Å². The van der Waals surface area contributed by atoms with Gasteiger partial charge in [-0.2, -0.15) is 0 Å². The molecule has 2 fully saturated rings. The average Bonchev–Trinajstić information content (AvgIpc) is 2.94. The lowest BCUT2D eigenvalue weighted by Crippen LogP contribution is -2.53. The number of carbonyl (C=O) groups excluding carboxylic acids is 1. The topological polar surface area (TPSA) is 64.3 Å². The standard InChI is InChI=1S/C18H34N2O2/c1-3-22-13-12-18(10-6-7-11-18)14-20-16(21)15-8-4-5-9-17(15,2)19/h15H,3-14,19H2,1-2H3,(H,20,21). The fourth-order valence-electron chi connectivity index (χ4n) is 4.26. The lowest BCUT2D eigenvalue weighted by molar-refractivity contribution is -0.128. The van der Waals surface area contributed by atoms with Crippen molar-refractivity contribution in [1.29, 1.82) is 0 Å².